The summed E-state index contributed by atoms with van der Waals surface area (Å²) >= 11 is 0. The van der Waals surface area contributed by atoms with E-state index in [9.17, 15) is 10.0 Å². The van der Waals surface area contributed by atoms with Crippen LogP contribution in [0.3, 0.4) is 0 Å². The van der Waals surface area contributed by atoms with E-state index < -0.39 is 18.0 Å². The lowest BCUT2D eigenvalue weighted by Crippen LogP contribution is -2.42. The highest BCUT2D eigenvalue weighted by molar-refractivity contribution is 5.60. The Balaban J connectivity index is 2.28. The van der Waals surface area contributed by atoms with Crippen LogP contribution in [0.1, 0.15) is 34.1 Å². The van der Waals surface area contributed by atoms with E-state index in [1.807, 2.05) is 0 Å². The number of nitrogens with zero attached hydrogens (tertiary/aromatic N) is 3. The monoisotopic (exact) mass is 261 g/mol. The molecule has 1 rings (SSSR count). The standard InChI is InChI=1S/C10H19N3O5/c1-8(16-9(14)17-10(2,3)4)18-11-13(15)12-6-5-7-12/h8H,5-7H2,1-4H3/b13-11+. The molecule has 1 heterocycles. The van der Waals surface area contributed by atoms with E-state index in [1.54, 1.807) is 20.8 Å². The van der Waals surface area contributed by atoms with Crippen LogP contribution in [0, 0.1) is 5.21 Å². The quantitative estimate of drug-likeness (QED) is 0.252. The Labute approximate surface area is 106 Å². The first-order valence-electron chi connectivity index (χ1n) is 5.76. The summed E-state index contributed by atoms with van der Waals surface area (Å²) in [4.78, 5) is 16.3. The highest BCUT2D eigenvalue weighted by Crippen LogP contribution is 2.10. The van der Waals surface area contributed by atoms with Crippen molar-refractivity contribution < 1.29 is 24.1 Å². The lowest BCUT2D eigenvalue weighted by atomic mass is 10.2. The zero-order chi connectivity index (χ0) is 13.8. The van der Waals surface area contributed by atoms with Crippen LogP contribution >= 0.6 is 0 Å². The predicted octanol–water partition coefficient (Wildman–Crippen LogP) is 1.80. The molecule has 1 aliphatic heterocycles. The molecule has 18 heavy (non-hydrogen) atoms. The van der Waals surface area contributed by atoms with Crippen molar-refractivity contribution in [2.45, 2.75) is 46.0 Å². The lowest BCUT2D eigenvalue weighted by molar-refractivity contribution is -0.724. The minimum Gasteiger partial charge on any atom is -0.569 e. The Bertz CT molecular complexity index is 322. The molecule has 0 aromatic heterocycles. The molecule has 0 spiro atoms. The van der Waals surface area contributed by atoms with Gasteiger partial charge in [0.1, 0.15) is 5.60 Å². The first-order chi connectivity index (χ1) is 8.28. The van der Waals surface area contributed by atoms with Crippen LogP contribution in [0.5, 0.6) is 0 Å². The van der Waals surface area contributed by atoms with Crippen molar-refractivity contribution >= 4 is 6.16 Å². The summed E-state index contributed by atoms with van der Waals surface area (Å²) in [5.74, 6) is 0. The summed E-state index contributed by atoms with van der Waals surface area (Å²) in [6.45, 7) is 7.89. The number of ether oxygens (including phenoxy) is 2. The maximum Gasteiger partial charge on any atom is 0.511 e. The SMILES string of the molecule is CC(O/N=[N+](/[O-])N1CCC1)OC(=O)OC(C)(C)C. The molecular weight excluding hydrogens is 242 g/mol. The van der Waals surface area contributed by atoms with Crippen molar-refractivity contribution in [3.8, 4) is 0 Å². The average Bonchev–Trinajstić information content (AvgIpc) is 2.08. The van der Waals surface area contributed by atoms with Gasteiger partial charge in [-0.3, -0.25) is 4.84 Å². The number of hydrazine groups is 1. The average molecular weight is 261 g/mol. The smallest absolute Gasteiger partial charge is 0.511 e. The van der Waals surface area contributed by atoms with Gasteiger partial charge in [-0.05, 0) is 27.2 Å². The Morgan fingerprint density at radius 1 is 1.44 bits per heavy atom. The van der Waals surface area contributed by atoms with Gasteiger partial charge in [-0.25, -0.2) is 4.79 Å². The molecule has 0 aromatic rings. The number of hydrogen-bond acceptors (Lipinski definition) is 6. The molecule has 8 heteroatoms. The van der Waals surface area contributed by atoms with Crippen molar-refractivity contribution in [3.05, 3.63) is 5.21 Å². The van der Waals surface area contributed by atoms with Crippen LogP contribution in [-0.2, 0) is 14.3 Å². The van der Waals surface area contributed by atoms with Crippen LogP contribution < -0.4 is 0 Å². The molecule has 104 valence electrons. The second-order valence-corrected chi connectivity index (χ2v) is 4.90. The largest absolute Gasteiger partial charge is 0.569 e. The van der Waals surface area contributed by atoms with Gasteiger partial charge in [0, 0.05) is 6.92 Å². The van der Waals surface area contributed by atoms with Crippen molar-refractivity contribution in [1.29, 1.82) is 0 Å². The summed E-state index contributed by atoms with van der Waals surface area (Å²) in [7, 11) is 0. The number of carbonyl (C=O) groups is 1. The van der Waals surface area contributed by atoms with E-state index in [0.29, 0.717) is 18.1 Å². The second-order valence-electron chi connectivity index (χ2n) is 4.90. The van der Waals surface area contributed by atoms with E-state index in [-0.39, 0.29) is 0 Å². The highest BCUT2D eigenvalue weighted by Gasteiger charge is 2.23. The third-order valence-corrected chi connectivity index (χ3v) is 1.99. The first kappa shape index (κ1) is 14.3. The minimum absolute atomic E-state index is 0.346. The summed E-state index contributed by atoms with van der Waals surface area (Å²) < 4.78 is 9.66. The molecule has 0 bridgehead atoms. The Kier molecular flexibility index (Phi) is 4.57. The molecule has 0 aromatic carbocycles. The molecule has 1 unspecified atom stereocenters. The van der Waals surface area contributed by atoms with Crippen LogP contribution in [-0.4, -0.2) is 41.1 Å². The van der Waals surface area contributed by atoms with Gasteiger partial charge in [-0.1, -0.05) is 0 Å². The fourth-order valence-electron chi connectivity index (χ4n) is 1.06. The molecule has 0 aliphatic carbocycles. The summed E-state index contributed by atoms with van der Waals surface area (Å²) in [5, 5.41) is 15.9. The van der Waals surface area contributed by atoms with Crippen molar-refractivity contribution in [2.75, 3.05) is 13.1 Å². The number of rotatable bonds is 4. The summed E-state index contributed by atoms with van der Waals surface area (Å²) in [6.07, 6.45) is -0.901. The maximum absolute atomic E-state index is 11.2. The zero-order valence-electron chi connectivity index (χ0n) is 11.1. The molecule has 1 saturated heterocycles. The van der Waals surface area contributed by atoms with E-state index in [0.717, 1.165) is 6.42 Å². The van der Waals surface area contributed by atoms with Gasteiger partial charge in [-0.15, -0.1) is 5.01 Å². The number of hydrogen-bond donors (Lipinski definition) is 0. The summed E-state index contributed by atoms with van der Waals surface area (Å²) in [6, 6.07) is 0. The van der Waals surface area contributed by atoms with Crippen LogP contribution in [0.15, 0.2) is 5.28 Å². The van der Waals surface area contributed by atoms with Crippen LogP contribution in [0.2, 0.25) is 0 Å². The molecule has 0 radical (unpaired) electrons. The first-order valence-corrected chi connectivity index (χ1v) is 5.76. The highest BCUT2D eigenvalue weighted by atomic mass is 16.8. The maximum atomic E-state index is 11.2. The van der Waals surface area contributed by atoms with Gasteiger partial charge in [0.05, 0.1) is 18.1 Å². The normalized spacial score (nSPS) is 17.8. The van der Waals surface area contributed by atoms with E-state index >= 15 is 0 Å². The van der Waals surface area contributed by atoms with Gasteiger partial charge < -0.3 is 14.7 Å². The second kappa shape index (κ2) is 5.74. The zero-order valence-corrected chi connectivity index (χ0v) is 11.1. The Morgan fingerprint density at radius 3 is 2.50 bits per heavy atom. The van der Waals surface area contributed by atoms with Gasteiger partial charge >= 0.3 is 6.16 Å². The van der Waals surface area contributed by atoms with Gasteiger partial charge in [0.15, 0.2) is 0 Å². The molecular formula is C10H19N3O5. The van der Waals surface area contributed by atoms with Gasteiger partial charge in [0.25, 0.3) is 6.29 Å². The van der Waals surface area contributed by atoms with E-state index in [2.05, 4.69) is 5.28 Å². The molecule has 0 N–H and O–H groups in total. The summed E-state index contributed by atoms with van der Waals surface area (Å²) in [5.41, 5.74) is -0.643. The third kappa shape index (κ3) is 5.07. The van der Waals surface area contributed by atoms with Crippen molar-refractivity contribution in [3.63, 3.8) is 0 Å². The van der Waals surface area contributed by atoms with E-state index in [4.69, 9.17) is 14.3 Å². The molecule has 0 saturated carbocycles. The van der Waals surface area contributed by atoms with Crippen LogP contribution in [0.4, 0.5) is 4.79 Å². The molecule has 1 fully saturated rings. The lowest BCUT2D eigenvalue weighted by Gasteiger charge is -2.25. The fraction of sp³-hybridized carbons (Fsp3) is 0.900. The fourth-order valence-corrected chi connectivity index (χ4v) is 1.06. The van der Waals surface area contributed by atoms with Crippen LogP contribution in [0.25, 0.3) is 0 Å². The minimum atomic E-state index is -0.988. The van der Waals surface area contributed by atoms with Crippen molar-refractivity contribution in [2.24, 2.45) is 5.28 Å². The molecule has 1 aliphatic rings. The van der Waals surface area contributed by atoms with Crippen molar-refractivity contribution in [1.82, 2.24) is 5.01 Å². The molecule has 0 amide bonds. The van der Waals surface area contributed by atoms with Gasteiger partial charge in [-0.2, -0.15) is 0 Å². The van der Waals surface area contributed by atoms with E-state index in [1.165, 1.54) is 11.9 Å². The topological polar surface area (TPSA) is 86.4 Å². The third-order valence-electron chi connectivity index (χ3n) is 1.99. The molecule has 1 atom stereocenters. The van der Waals surface area contributed by atoms with Gasteiger partial charge in [0.2, 0.25) is 5.28 Å². The Morgan fingerprint density at radius 2 is 2.06 bits per heavy atom. The predicted molar refractivity (Wildman–Crippen MR) is 60.1 cm³/mol. The molecule has 8 nitrogen and oxygen atoms in total. The number of carbonyl (C=O) groups excluding carboxylic acids is 1. The Hall–Kier alpha value is -1.73.